The summed E-state index contributed by atoms with van der Waals surface area (Å²) in [5.74, 6) is 0.407. The van der Waals surface area contributed by atoms with Gasteiger partial charge in [0.05, 0.1) is 0 Å². The van der Waals surface area contributed by atoms with Crippen molar-refractivity contribution in [2.75, 3.05) is 5.32 Å². The van der Waals surface area contributed by atoms with Gasteiger partial charge in [-0.15, -0.1) is 0 Å². The summed E-state index contributed by atoms with van der Waals surface area (Å²) in [5.41, 5.74) is 0.0589. The van der Waals surface area contributed by atoms with Crippen molar-refractivity contribution < 1.29 is 0 Å². The fourth-order valence-corrected chi connectivity index (χ4v) is 2.42. The van der Waals surface area contributed by atoms with Crippen LogP contribution in [0.25, 0.3) is 0 Å². The second-order valence-corrected chi connectivity index (χ2v) is 6.62. The van der Waals surface area contributed by atoms with E-state index >= 15 is 0 Å². The van der Waals surface area contributed by atoms with E-state index in [0.29, 0.717) is 5.95 Å². The van der Waals surface area contributed by atoms with Crippen LogP contribution >= 0.6 is 23.2 Å². The standard InChI is InChI=1S/C11H18Cl2N4/c1-10(2,3)6-11(4,5)17-9-15-7(12)14-8(13)16-9/h6H2,1-5H3,(H,14,15,16,17). The van der Waals surface area contributed by atoms with Crippen molar-refractivity contribution in [1.29, 1.82) is 0 Å². The van der Waals surface area contributed by atoms with Crippen molar-refractivity contribution in [1.82, 2.24) is 15.0 Å². The lowest BCUT2D eigenvalue weighted by molar-refractivity contribution is 0.301. The molecule has 0 aliphatic heterocycles. The normalized spacial score (nSPS) is 12.6. The highest BCUT2D eigenvalue weighted by Gasteiger charge is 2.26. The highest BCUT2D eigenvalue weighted by molar-refractivity contribution is 6.31. The van der Waals surface area contributed by atoms with Crippen molar-refractivity contribution in [2.24, 2.45) is 5.41 Å². The first-order valence-corrected chi connectivity index (χ1v) is 6.18. The Labute approximate surface area is 112 Å². The lowest BCUT2D eigenvalue weighted by Gasteiger charge is -2.33. The molecule has 4 nitrogen and oxygen atoms in total. The number of hydrogen-bond donors (Lipinski definition) is 1. The molecule has 0 spiro atoms. The molecule has 1 aromatic rings. The monoisotopic (exact) mass is 276 g/mol. The first-order valence-electron chi connectivity index (χ1n) is 5.43. The van der Waals surface area contributed by atoms with Crippen molar-refractivity contribution in [3.8, 4) is 0 Å². The third-order valence-electron chi connectivity index (χ3n) is 2.00. The minimum Gasteiger partial charge on any atom is -0.349 e. The average molecular weight is 277 g/mol. The highest BCUT2D eigenvalue weighted by atomic mass is 35.5. The van der Waals surface area contributed by atoms with Gasteiger partial charge in [0.15, 0.2) is 0 Å². The zero-order chi connectivity index (χ0) is 13.3. The summed E-state index contributed by atoms with van der Waals surface area (Å²) in [5, 5.41) is 3.42. The van der Waals surface area contributed by atoms with Crippen molar-refractivity contribution in [3.63, 3.8) is 0 Å². The van der Waals surface area contributed by atoms with Gasteiger partial charge in [-0.05, 0) is 48.9 Å². The van der Waals surface area contributed by atoms with E-state index in [1.807, 2.05) is 0 Å². The molecule has 6 heteroatoms. The number of nitrogens with zero attached hydrogens (tertiary/aromatic N) is 3. The maximum absolute atomic E-state index is 5.73. The molecule has 0 bridgehead atoms. The Morgan fingerprint density at radius 3 is 1.82 bits per heavy atom. The molecule has 0 atom stereocenters. The molecule has 0 amide bonds. The second kappa shape index (κ2) is 4.94. The van der Waals surface area contributed by atoms with Crippen molar-refractivity contribution in [2.45, 2.75) is 46.6 Å². The molecule has 1 heterocycles. The largest absolute Gasteiger partial charge is 0.349 e. The van der Waals surface area contributed by atoms with Gasteiger partial charge in [-0.25, -0.2) is 0 Å². The van der Waals surface area contributed by atoms with Gasteiger partial charge in [0.1, 0.15) is 0 Å². The molecule has 1 N–H and O–H groups in total. The van der Waals surface area contributed by atoms with Gasteiger partial charge in [0.2, 0.25) is 16.5 Å². The van der Waals surface area contributed by atoms with E-state index < -0.39 is 0 Å². The molecule has 1 aromatic heterocycles. The number of anilines is 1. The van der Waals surface area contributed by atoms with Gasteiger partial charge in [0.25, 0.3) is 0 Å². The summed E-state index contributed by atoms with van der Waals surface area (Å²) in [7, 11) is 0. The van der Waals surface area contributed by atoms with Crippen LogP contribution in [0.4, 0.5) is 5.95 Å². The molecular weight excluding hydrogens is 259 g/mol. The molecule has 1 rings (SSSR count). The van der Waals surface area contributed by atoms with Crippen LogP contribution in [-0.4, -0.2) is 20.5 Å². The van der Waals surface area contributed by atoms with Crippen LogP contribution in [-0.2, 0) is 0 Å². The van der Waals surface area contributed by atoms with E-state index in [1.54, 1.807) is 0 Å². The fraction of sp³-hybridized carbons (Fsp3) is 0.727. The first-order chi connectivity index (χ1) is 7.57. The molecule has 0 unspecified atom stereocenters. The summed E-state index contributed by atoms with van der Waals surface area (Å²) >= 11 is 11.5. The van der Waals surface area contributed by atoms with Gasteiger partial charge in [-0.1, -0.05) is 20.8 Å². The molecule has 0 aliphatic carbocycles. The van der Waals surface area contributed by atoms with E-state index in [4.69, 9.17) is 23.2 Å². The number of hydrogen-bond acceptors (Lipinski definition) is 4. The van der Waals surface area contributed by atoms with E-state index in [0.717, 1.165) is 6.42 Å². The Balaban J connectivity index is 2.82. The quantitative estimate of drug-likeness (QED) is 0.912. The topological polar surface area (TPSA) is 50.7 Å². The van der Waals surface area contributed by atoms with Crippen molar-refractivity contribution >= 4 is 29.2 Å². The summed E-state index contributed by atoms with van der Waals surface area (Å²) in [6.07, 6.45) is 0.959. The van der Waals surface area contributed by atoms with Crippen LogP contribution in [0.1, 0.15) is 41.0 Å². The summed E-state index contributed by atoms with van der Waals surface area (Å²) in [6.45, 7) is 10.7. The molecular formula is C11H18Cl2N4. The SMILES string of the molecule is CC(C)(C)CC(C)(C)Nc1nc(Cl)nc(Cl)n1. The minimum atomic E-state index is -0.147. The predicted octanol–water partition coefficient (Wildman–Crippen LogP) is 3.81. The van der Waals surface area contributed by atoms with Crippen LogP contribution in [0.3, 0.4) is 0 Å². The van der Waals surface area contributed by atoms with Gasteiger partial charge in [-0.3, -0.25) is 0 Å². The lowest BCUT2D eigenvalue weighted by atomic mass is 9.82. The molecule has 0 radical (unpaired) electrons. The van der Waals surface area contributed by atoms with Gasteiger partial charge < -0.3 is 5.32 Å². The van der Waals surface area contributed by atoms with Crippen LogP contribution in [0.2, 0.25) is 10.6 Å². The minimum absolute atomic E-state index is 0.0964. The molecule has 0 saturated carbocycles. The Morgan fingerprint density at radius 1 is 0.941 bits per heavy atom. The van der Waals surface area contributed by atoms with Gasteiger partial charge in [-0.2, -0.15) is 15.0 Å². The third kappa shape index (κ3) is 5.50. The number of rotatable bonds is 3. The molecule has 96 valence electrons. The Hall–Kier alpha value is -0.610. The van der Waals surface area contributed by atoms with Crippen LogP contribution < -0.4 is 5.32 Å². The smallest absolute Gasteiger partial charge is 0.228 e. The third-order valence-corrected chi connectivity index (χ3v) is 2.34. The number of aromatic nitrogens is 3. The zero-order valence-electron chi connectivity index (χ0n) is 10.8. The maximum atomic E-state index is 5.73. The van der Waals surface area contributed by atoms with Gasteiger partial charge >= 0.3 is 0 Å². The maximum Gasteiger partial charge on any atom is 0.228 e. The summed E-state index contributed by atoms with van der Waals surface area (Å²) in [6, 6.07) is 0. The Morgan fingerprint density at radius 2 is 1.41 bits per heavy atom. The van der Waals surface area contributed by atoms with Crippen LogP contribution in [0, 0.1) is 5.41 Å². The van der Waals surface area contributed by atoms with E-state index in [9.17, 15) is 0 Å². The van der Waals surface area contributed by atoms with Crippen molar-refractivity contribution in [3.05, 3.63) is 10.6 Å². The fourth-order valence-electron chi connectivity index (χ4n) is 2.05. The van der Waals surface area contributed by atoms with E-state index in [1.165, 1.54) is 0 Å². The van der Waals surface area contributed by atoms with Gasteiger partial charge in [0, 0.05) is 5.54 Å². The first kappa shape index (κ1) is 14.5. The van der Waals surface area contributed by atoms with E-state index in [2.05, 4.69) is 54.9 Å². The number of nitrogens with one attached hydrogen (secondary N) is 1. The molecule has 0 aromatic carbocycles. The van der Waals surface area contributed by atoms with Crippen LogP contribution in [0.15, 0.2) is 0 Å². The predicted molar refractivity (Wildman–Crippen MR) is 71.6 cm³/mol. The molecule has 0 saturated heterocycles. The molecule has 0 aliphatic rings. The lowest BCUT2D eigenvalue weighted by Crippen LogP contribution is -2.36. The summed E-state index contributed by atoms with van der Waals surface area (Å²) in [4.78, 5) is 11.7. The zero-order valence-corrected chi connectivity index (χ0v) is 12.3. The van der Waals surface area contributed by atoms with E-state index in [-0.39, 0.29) is 21.5 Å². The average Bonchev–Trinajstić information content (AvgIpc) is 1.93. The Bertz CT molecular complexity index is 379. The Kier molecular flexibility index (Phi) is 4.20. The molecule has 17 heavy (non-hydrogen) atoms. The second-order valence-electron chi connectivity index (χ2n) is 5.94. The number of halogens is 2. The van der Waals surface area contributed by atoms with Crippen LogP contribution in [0.5, 0.6) is 0 Å². The summed E-state index contributed by atoms with van der Waals surface area (Å²) < 4.78 is 0. The molecule has 0 fully saturated rings. The highest BCUT2D eigenvalue weighted by Crippen LogP contribution is 2.29.